The van der Waals surface area contributed by atoms with Gasteiger partial charge in [-0.05, 0) is 50.4 Å². The molecular weight excluding hydrogens is 468 g/mol. The lowest BCUT2D eigenvalue weighted by atomic mass is 9.70. The molecule has 3 aliphatic heterocycles. The van der Waals surface area contributed by atoms with Crippen LogP contribution in [0.3, 0.4) is 0 Å². The predicted molar refractivity (Wildman–Crippen MR) is 143 cm³/mol. The van der Waals surface area contributed by atoms with Gasteiger partial charge < -0.3 is 25.4 Å². The number of nitrogens with zero attached hydrogens (tertiary/aromatic N) is 2. The van der Waals surface area contributed by atoms with Gasteiger partial charge in [-0.25, -0.2) is 0 Å². The van der Waals surface area contributed by atoms with Gasteiger partial charge in [-0.15, -0.1) is 0 Å². The van der Waals surface area contributed by atoms with Crippen molar-refractivity contribution in [1.82, 2.24) is 20.4 Å². The molecule has 0 bridgehead atoms. The maximum absolute atomic E-state index is 13.7. The minimum atomic E-state index is -0.757. The zero-order valence-electron chi connectivity index (χ0n) is 23.3. The molecule has 8 nitrogen and oxygen atoms in total. The summed E-state index contributed by atoms with van der Waals surface area (Å²) in [5.74, 6) is 0.753. The Hall–Kier alpha value is -1.22. The van der Waals surface area contributed by atoms with Gasteiger partial charge in [0.1, 0.15) is 6.23 Å². The van der Waals surface area contributed by atoms with Crippen molar-refractivity contribution in [3.8, 4) is 0 Å². The van der Waals surface area contributed by atoms with E-state index in [-0.39, 0.29) is 40.6 Å². The molecule has 5 aliphatic rings. The molecule has 0 aromatic heterocycles. The summed E-state index contributed by atoms with van der Waals surface area (Å²) in [5, 5.41) is 18.1. The Balaban J connectivity index is 1.21. The van der Waals surface area contributed by atoms with Crippen molar-refractivity contribution in [3.05, 3.63) is 0 Å². The summed E-state index contributed by atoms with van der Waals surface area (Å²) in [6, 6.07) is -0.475. The molecule has 3 N–H and O–H groups in total. The summed E-state index contributed by atoms with van der Waals surface area (Å²) in [7, 11) is 0. The first-order valence-corrected chi connectivity index (χ1v) is 15.0. The average molecular weight is 519 g/mol. The number of hydrogen-bond acceptors (Lipinski definition) is 6. The van der Waals surface area contributed by atoms with Crippen LogP contribution in [0.4, 0.5) is 0 Å². The summed E-state index contributed by atoms with van der Waals surface area (Å²) in [4.78, 5) is 30.7. The molecule has 0 aromatic carbocycles. The minimum absolute atomic E-state index is 0.0157. The van der Waals surface area contributed by atoms with Crippen LogP contribution in [-0.4, -0.2) is 91.0 Å². The van der Waals surface area contributed by atoms with Crippen LogP contribution in [0.1, 0.15) is 78.6 Å². The Morgan fingerprint density at radius 3 is 2.35 bits per heavy atom. The predicted octanol–water partition coefficient (Wildman–Crippen LogP) is 2.36. The second kappa shape index (κ2) is 11.1. The van der Waals surface area contributed by atoms with E-state index in [1.807, 2.05) is 11.8 Å². The van der Waals surface area contributed by atoms with E-state index in [1.54, 1.807) is 0 Å². The zero-order chi connectivity index (χ0) is 26.2. The van der Waals surface area contributed by atoms with Crippen molar-refractivity contribution in [2.75, 3.05) is 45.9 Å². The van der Waals surface area contributed by atoms with Gasteiger partial charge in [-0.1, -0.05) is 39.5 Å². The number of rotatable bonds is 9. The first kappa shape index (κ1) is 27.4. The summed E-state index contributed by atoms with van der Waals surface area (Å²) in [6.45, 7) is 11.4. The van der Waals surface area contributed by atoms with Crippen molar-refractivity contribution in [2.45, 2.75) is 96.9 Å². The van der Waals surface area contributed by atoms with E-state index >= 15 is 0 Å². The molecule has 8 heteroatoms. The van der Waals surface area contributed by atoms with E-state index in [0.717, 1.165) is 38.9 Å². The number of amides is 2. The average Bonchev–Trinajstić information content (AvgIpc) is 3.31. The summed E-state index contributed by atoms with van der Waals surface area (Å²) in [5.41, 5.74) is -0.0816. The first-order chi connectivity index (χ1) is 17.7. The second-order valence-corrected chi connectivity index (χ2v) is 13.6. The molecule has 3 saturated heterocycles. The van der Waals surface area contributed by atoms with E-state index in [0.29, 0.717) is 32.2 Å². The number of carbonyl (C=O) groups is 2. The van der Waals surface area contributed by atoms with Gasteiger partial charge >= 0.3 is 0 Å². The molecule has 1 unspecified atom stereocenters. The molecule has 2 saturated carbocycles. The lowest BCUT2D eigenvalue weighted by Gasteiger charge is -2.51. The van der Waals surface area contributed by atoms with Crippen molar-refractivity contribution < 1.29 is 19.4 Å². The summed E-state index contributed by atoms with van der Waals surface area (Å²) in [6.07, 6.45) is 9.56. The maximum atomic E-state index is 13.7. The molecular formula is C29H50N4O4. The molecule has 5 rings (SSSR count). The first-order valence-electron chi connectivity index (χ1n) is 15.0. The molecule has 1 spiro atoms. The molecule has 3 heterocycles. The molecule has 5 atom stereocenters. The Labute approximate surface area is 223 Å². The van der Waals surface area contributed by atoms with Crippen LogP contribution in [0, 0.1) is 28.6 Å². The molecule has 0 radical (unpaired) electrons. The topological polar surface area (TPSA) is 94.1 Å². The number of ether oxygens (including phenoxy) is 1. The van der Waals surface area contributed by atoms with E-state index < -0.39 is 12.3 Å². The van der Waals surface area contributed by atoms with Crippen molar-refractivity contribution >= 4 is 11.8 Å². The van der Waals surface area contributed by atoms with Crippen LogP contribution in [0.5, 0.6) is 0 Å². The largest absolute Gasteiger partial charge is 0.376 e. The fourth-order valence-electron chi connectivity index (χ4n) is 7.34. The fourth-order valence-corrected chi connectivity index (χ4v) is 7.34. The highest BCUT2D eigenvalue weighted by molar-refractivity contribution is 5.85. The second-order valence-electron chi connectivity index (χ2n) is 13.6. The molecule has 2 aliphatic carbocycles. The highest BCUT2D eigenvalue weighted by atomic mass is 16.5. The Morgan fingerprint density at radius 2 is 1.70 bits per heavy atom. The molecule has 5 fully saturated rings. The van der Waals surface area contributed by atoms with Gasteiger partial charge in [0.2, 0.25) is 11.8 Å². The van der Waals surface area contributed by atoms with Crippen molar-refractivity contribution in [2.24, 2.45) is 28.6 Å². The number of carbonyl (C=O) groups excluding carboxylic acids is 2. The molecule has 210 valence electrons. The molecule has 37 heavy (non-hydrogen) atoms. The lowest BCUT2D eigenvalue weighted by molar-refractivity contribution is -0.153. The monoisotopic (exact) mass is 518 g/mol. The van der Waals surface area contributed by atoms with Crippen LogP contribution in [0.25, 0.3) is 0 Å². The van der Waals surface area contributed by atoms with Gasteiger partial charge in [0, 0.05) is 57.2 Å². The van der Waals surface area contributed by atoms with Crippen LogP contribution >= 0.6 is 0 Å². The number of likely N-dealkylation sites (tertiary alicyclic amines) is 2. The van der Waals surface area contributed by atoms with E-state index in [2.05, 4.69) is 29.4 Å². The summed E-state index contributed by atoms with van der Waals surface area (Å²) < 4.78 is 6.34. The van der Waals surface area contributed by atoms with Gasteiger partial charge in [-0.2, -0.15) is 0 Å². The normalized spacial score (nSPS) is 31.9. The highest BCUT2D eigenvalue weighted by Crippen LogP contribution is 2.54. The number of hydrogen-bond donors (Lipinski definition) is 3. The van der Waals surface area contributed by atoms with E-state index in [1.165, 1.54) is 38.5 Å². The maximum Gasteiger partial charge on any atom is 0.226 e. The summed E-state index contributed by atoms with van der Waals surface area (Å²) >= 11 is 0. The van der Waals surface area contributed by atoms with Gasteiger partial charge in [0.15, 0.2) is 0 Å². The van der Waals surface area contributed by atoms with E-state index in [9.17, 15) is 14.7 Å². The van der Waals surface area contributed by atoms with Crippen LogP contribution in [0.2, 0.25) is 0 Å². The third-order valence-electron chi connectivity index (χ3n) is 10.2. The SMILES string of the molecule is C[C@@H](OCC1CCCCC1)[C@H](NC(=O)[C@@H]1CNCC12CN(C(=O)[C@H]1CC1(C)C)C2)C(O)N1CCCCC1. The Kier molecular flexibility index (Phi) is 8.21. The molecule has 2 amide bonds. The number of aliphatic hydroxyl groups excluding tert-OH is 1. The Bertz CT molecular complexity index is 817. The van der Waals surface area contributed by atoms with Gasteiger partial charge in [0.05, 0.1) is 18.1 Å². The number of piperidine rings is 1. The third kappa shape index (κ3) is 5.87. The van der Waals surface area contributed by atoms with Gasteiger partial charge in [-0.3, -0.25) is 14.5 Å². The molecule has 0 aromatic rings. The third-order valence-corrected chi connectivity index (χ3v) is 10.2. The highest BCUT2D eigenvalue weighted by Gasteiger charge is 2.60. The van der Waals surface area contributed by atoms with Crippen LogP contribution < -0.4 is 10.6 Å². The van der Waals surface area contributed by atoms with Crippen molar-refractivity contribution in [1.29, 1.82) is 0 Å². The smallest absolute Gasteiger partial charge is 0.226 e. The number of aliphatic hydroxyl groups is 1. The van der Waals surface area contributed by atoms with Crippen LogP contribution in [-0.2, 0) is 14.3 Å². The number of nitrogens with one attached hydrogen (secondary N) is 2. The minimum Gasteiger partial charge on any atom is -0.376 e. The van der Waals surface area contributed by atoms with Crippen LogP contribution in [0.15, 0.2) is 0 Å². The van der Waals surface area contributed by atoms with Crippen molar-refractivity contribution in [3.63, 3.8) is 0 Å². The van der Waals surface area contributed by atoms with Gasteiger partial charge in [0.25, 0.3) is 0 Å². The standard InChI is InChI=1S/C29H50N4O4/c1-20(37-16-21-10-6-4-7-11-21)24(27(36)32-12-8-5-9-13-32)31-25(34)23-15-30-17-29(23)18-33(19-29)26(35)22-14-28(22,2)3/h20-24,27,30,36H,4-19H2,1-3H3,(H,31,34)/t20-,22-,23+,24+,27?/m1/s1. The lowest BCUT2D eigenvalue weighted by Crippen LogP contribution is -2.66. The Morgan fingerprint density at radius 1 is 1.05 bits per heavy atom. The zero-order valence-corrected chi connectivity index (χ0v) is 23.3. The fraction of sp³-hybridized carbons (Fsp3) is 0.931. The quantitative estimate of drug-likeness (QED) is 0.434. The van der Waals surface area contributed by atoms with E-state index in [4.69, 9.17) is 4.74 Å².